The zero-order valence-corrected chi connectivity index (χ0v) is 18.2. The fourth-order valence-corrected chi connectivity index (χ4v) is 3.86. The van der Waals surface area contributed by atoms with E-state index in [1.165, 1.54) is 24.1 Å². The molecular formula is C22H21N3O6S. The lowest BCUT2D eigenvalue weighted by atomic mass is 10.1. The van der Waals surface area contributed by atoms with Gasteiger partial charge in [0.1, 0.15) is 11.8 Å². The molecule has 1 atom stereocenters. The van der Waals surface area contributed by atoms with Gasteiger partial charge < -0.3 is 15.0 Å². The summed E-state index contributed by atoms with van der Waals surface area (Å²) in [5.41, 5.74) is 1.76. The molecule has 9 nitrogen and oxygen atoms in total. The third kappa shape index (κ3) is 5.44. The van der Waals surface area contributed by atoms with Crippen LogP contribution in [0.15, 0.2) is 47.4 Å². The van der Waals surface area contributed by atoms with Crippen molar-refractivity contribution in [1.82, 2.24) is 15.5 Å². The Bertz CT molecular complexity index is 1230. The molecule has 2 aromatic rings. The fraction of sp³-hybridized carbons (Fsp3) is 0.227. The molecule has 10 heteroatoms. The Balaban J connectivity index is 1.83. The Hall–Kier alpha value is -3.84. The summed E-state index contributed by atoms with van der Waals surface area (Å²) in [6, 6.07) is 9.71. The van der Waals surface area contributed by atoms with Crippen molar-refractivity contribution in [2.24, 2.45) is 0 Å². The van der Waals surface area contributed by atoms with E-state index in [2.05, 4.69) is 17.2 Å². The third-order valence-corrected chi connectivity index (χ3v) is 5.86. The van der Waals surface area contributed by atoms with Crippen LogP contribution in [0, 0.1) is 11.8 Å². The van der Waals surface area contributed by atoms with E-state index in [1.807, 2.05) is 5.32 Å². The second-order valence-corrected chi connectivity index (χ2v) is 9.08. The first-order valence-electron chi connectivity index (χ1n) is 9.50. The maximum atomic E-state index is 12.8. The number of benzene rings is 2. The monoisotopic (exact) mass is 455 g/mol. The summed E-state index contributed by atoms with van der Waals surface area (Å²) in [5, 5.41) is 4.51. The molecule has 4 amide bonds. The first kappa shape index (κ1) is 22.8. The van der Waals surface area contributed by atoms with Crippen LogP contribution in [0.3, 0.4) is 0 Å². The van der Waals surface area contributed by atoms with Gasteiger partial charge >= 0.3 is 6.03 Å². The quantitative estimate of drug-likeness (QED) is 0.494. The molecule has 0 aromatic heterocycles. The highest BCUT2D eigenvalue weighted by atomic mass is 32.2. The van der Waals surface area contributed by atoms with Gasteiger partial charge in [0.15, 0.2) is 9.84 Å². The van der Waals surface area contributed by atoms with Gasteiger partial charge in [-0.3, -0.25) is 14.9 Å². The predicted molar refractivity (Wildman–Crippen MR) is 116 cm³/mol. The van der Waals surface area contributed by atoms with Gasteiger partial charge in [-0.25, -0.2) is 13.2 Å². The maximum absolute atomic E-state index is 12.8. The summed E-state index contributed by atoms with van der Waals surface area (Å²) in [7, 11) is -1.89. The van der Waals surface area contributed by atoms with Crippen LogP contribution < -0.4 is 15.4 Å². The number of methoxy groups -OCH3 is 1. The van der Waals surface area contributed by atoms with Crippen molar-refractivity contribution in [1.29, 1.82) is 0 Å². The molecule has 3 rings (SSSR count). The molecule has 0 aliphatic carbocycles. The van der Waals surface area contributed by atoms with Gasteiger partial charge in [0, 0.05) is 23.9 Å². The number of nitrogens with one attached hydrogen (secondary N) is 2. The van der Waals surface area contributed by atoms with Gasteiger partial charge in [-0.05, 0) is 35.9 Å². The van der Waals surface area contributed by atoms with Gasteiger partial charge in [-0.2, -0.15) is 0 Å². The number of nitrogens with zero attached hydrogens (tertiary/aromatic N) is 1. The zero-order valence-electron chi connectivity index (χ0n) is 17.4. The number of amides is 4. The Labute approximate surface area is 185 Å². The van der Waals surface area contributed by atoms with E-state index in [1.54, 1.807) is 30.3 Å². The Morgan fingerprint density at radius 1 is 1.28 bits per heavy atom. The van der Waals surface area contributed by atoms with Crippen molar-refractivity contribution in [2.75, 3.05) is 19.9 Å². The van der Waals surface area contributed by atoms with Gasteiger partial charge in [0.05, 0.1) is 18.6 Å². The molecule has 0 spiro atoms. The molecule has 0 unspecified atom stereocenters. The average molecular weight is 455 g/mol. The number of ether oxygens (including phenoxy) is 1. The van der Waals surface area contributed by atoms with Crippen LogP contribution in [0.1, 0.15) is 21.5 Å². The molecule has 0 saturated carbocycles. The first-order chi connectivity index (χ1) is 15.2. The summed E-state index contributed by atoms with van der Waals surface area (Å²) in [6.45, 7) is 0.387. The van der Waals surface area contributed by atoms with Crippen LogP contribution in [0.2, 0.25) is 0 Å². The lowest BCUT2D eigenvalue weighted by Crippen LogP contribution is -2.46. The van der Waals surface area contributed by atoms with Crippen LogP contribution in [-0.2, 0) is 21.2 Å². The molecule has 0 fully saturated rings. The van der Waals surface area contributed by atoms with Gasteiger partial charge in [0.25, 0.3) is 5.91 Å². The summed E-state index contributed by atoms with van der Waals surface area (Å²) in [4.78, 5) is 36.9. The van der Waals surface area contributed by atoms with Gasteiger partial charge in [-0.1, -0.05) is 24.0 Å². The number of hydrogen-bond acceptors (Lipinski definition) is 6. The smallest absolute Gasteiger partial charge is 0.322 e. The highest BCUT2D eigenvalue weighted by molar-refractivity contribution is 7.90. The highest BCUT2D eigenvalue weighted by Crippen LogP contribution is 2.26. The van der Waals surface area contributed by atoms with Crippen LogP contribution in [0.5, 0.6) is 5.75 Å². The van der Waals surface area contributed by atoms with Gasteiger partial charge in [0.2, 0.25) is 6.41 Å². The number of carbonyl (C=O) groups is 3. The van der Waals surface area contributed by atoms with E-state index in [9.17, 15) is 22.8 Å². The van der Waals surface area contributed by atoms with E-state index in [-0.39, 0.29) is 23.8 Å². The van der Waals surface area contributed by atoms with E-state index >= 15 is 0 Å². The number of carbonyl (C=O) groups excluding carboxylic acids is 3. The first-order valence-corrected chi connectivity index (χ1v) is 11.4. The van der Waals surface area contributed by atoms with Crippen molar-refractivity contribution in [3.63, 3.8) is 0 Å². The molecule has 32 heavy (non-hydrogen) atoms. The third-order valence-electron chi connectivity index (χ3n) is 4.75. The van der Waals surface area contributed by atoms with Crippen molar-refractivity contribution in [3.05, 3.63) is 59.2 Å². The summed E-state index contributed by atoms with van der Waals surface area (Å²) < 4.78 is 28.7. The number of fused-ring (bicyclic) bond motifs is 1. The highest BCUT2D eigenvalue weighted by Gasteiger charge is 2.29. The summed E-state index contributed by atoms with van der Waals surface area (Å²) >= 11 is 0. The standard InChI is InChI=1S/C22H21N3O6S/c1-31-18-9-7-16-12-25(21(27)20(16)11-18)13-17(24-22(28)23-14-26)8-6-15-4-3-5-19(10-15)32(2,29)30/h3-5,7,9-11,14,17H,12-13H2,1-2H3,(H2,23,24,26,28)/t17-/m1/s1. The molecule has 0 saturated heterocycles. The van der Waals surface area contributed by atoms with E-state index in [0.29, 0.717) is 23.4 Å². The molecule has 166 valence electrons. The number of rotatable bonds is 6. The number of hydrogen-bond donors (Lipinski definition) is 2. The number of imide groups is 1. The number of urea groups is 1. The minimum atomic E-state index is -3.40. The minimum absolute atomic E-state index is 0.0564. The van der Waals surface area contributed by atoms with E-state index in [0.717, 1.165) is 11.8 Å². The Morgan fingerprint density at radius 2 is 2.06 bits per heavy atom. The topological polar surface area (TPSA) is 122 Å². The van der Waals surface area contributed by atoms with Crippen LogP contribution in [-0.4, -0.2) is 57.6 Å². The van der Waals surface area contributed by atoms with Crippen molar-refractivity contribution in [2.45, 2.75) is 17.5 Å². The van der Waals surface area contributed by atoms with Gasteiger partial charge in [-0.15, -0.1) is 0 Å². The molecular weight excluding hydrogens is 434 g/mol. The van der Waals surface area contributed by atoms with Crippen molar-refractivity contribution < 1.29 is 27.5 Å². The second-order valence-electron chi connectivity index (χ2n) is 7.07. The Kier molecular flexibility index (Phi) is 6.80. The van der Waals surface area contributed by atoms with Crippen molar-refractivity contribution >= 4 is 28.2 Å². The molecule has 0 radical (unpaired) electrons. The molecule has 1 aliphatic heterocycles. The lowest BCUT2D eigenvalue weighted by Gasteiger charge is -2.21. The van der Waals surface area contributed by atoms with Crippen LogP contribution in [0.25, 0.3) is 0 Å². The molecule has 1 heterocycles. The SMILES string of the molecule is COc1ccc2c(c1)C(=O)N(C[C@@H](C#Cc1cccc(S(C)(=O)=O)c1)NC(=O)NC=O)C2. The van der Waals surface area contributed by atoms with Crippen LogP contribution in [0.4, 0.5) is 4.79 Å². The van der Waals surface area contributed by atoms with E-state index < -0.39 is 21.9 Å². The van der Waals surface area contributed by atoms with Crippen LogP contribution >= 0.6 is 0 Å². The van der Waals surface area contributed by atoms with Crippen molar-refractivity contribution in [3.8, 4) is 17.6 Å². The molecule has 0 bridgehead atoms. The second kappa shape index (κ2) is 9.53. The Morgan fingerprint density at radius 3 is 2.75 bits per heavy atom. The average Bonchev–Trinajstić information content (AvgIpc) is 3.06. The largest absolute Gasteiger partial charge is 0.497 e. The maximum Gasteiger partial charge on any atom is 0.322 e. The number of sulfone groups is 1. The minimum Gasteiger partial charge on any atom is -0.497 e. The van der Waals surface area contributed by atoms with E-state index in [4.69, 9.17) is 4.74 Å². The summed E-state index contributed by atoms with van der Waals surface area (Å²) in [5.74, 6) is 6.01. The lowest BCUT2D eigenvalue weighted by molar-refractivity contribution is -0.108. The zero-order chi connectivity index (χ0) is 23.3. The summed E-state index contributed by atoms with van der Waals surface area (Å²) in [6.07, 6.45) is 1.33. The molecule has 2 N–H and O–H groups in total. The fourth-order valence-electron chi connectivity index (χ4n) is 3.19. The molecule has 2 aromatic carbocycles. The normalized spacial score (nSPS) is 13.4. The predicted octanol–water partition coefficient (Wildman–Crippen LogP) is 0.930. The molecule has 1 aliphatic rings.